The molecule has 4 heteroatoms. The van der Waals surface area contributed by atoms with Crippen molar-refractivity contribution in [2.45, 2.75) is 51.6 Å². The van der Waals surface area contributed by atoms with Gasteiger partial charge in [0.05, 0.1) is 0 Å². The van der Waals surface area contributed by atoms with Gasteiger partial charge in [-0.05, 0) is 37.7 Å². The number of carbonyl (C=O) groups excluding carboxylic acids is 2. The van der Waals surface area contributed by atoms with Crippen LogP contribution >= 0.6 is 0 Å². The Morgan fingerprint density at radius 3 is 2.44 bits per heavy atom. The van der Waals surface area contributed by atoms with Gasteiger partial charge >= 0.3 is 5.97 Å². The highest BCUT2D eigenvalue weighted by atomic mass is 16.6. The van der Waals surface area contributed by atoms with E-state index in [0.717, 1.165) is 31.8 Å². The smallest absolute Gasteiger partial charge is 0.325 e. The first-order valence-corrected chi connectivity index (χ1v) is 6.62. The van der Waals surface area contributed by atoms with E-state index in [1.807, 2.05) is 0 Å². The van der Waals surface area contributed by atoms with Crippen LogP contribution in [-0.4, -0.2) is 24.0 Å². The highest BCUT2D eigenvalue weighted by molar-refractivity contribution is 5.89. The zero-order chi connectivity index (χ0) is 13.6. The summed E-state index contributed by atoms with van der Waals surface area (Å²) in [4.78, 5) is 22.8. The van der Waals surface area contributed by atoms with E-state index in [0.29, 0.717) is 5.92 Å². The third kappa shape index (κ3) is 3.86. The van der Waals surface area contributed by atoms with E-state index < -0.39 is 0 Å². The van der Waals surface area contributed by atoms with Gasteiger partial charge in [0.2, 0.25) is 5.91 Å². The lowest BCUT2D eigenvalue weighted by molar-refractivity contribution is -0.168. The highest BCUT2D eigenvalue weighted by Crippen LogP contribution is 2.37. The number of ether oxygens (including phenoxy) is 1. The van der Waals surface area contributed by atoms with Crippen molar-refractivity contribution >= 4 is 11.9 Å². The van der Waals surface area contributed by atoms with Crippen molar-refractivity contribution in [2.75, 3.05) is 6.54 Å². The van der Waals surface area contributed by atoms with E-state index in [-0.39, 0.29) is 24.0 Å². The molecule has 1 rings (SSSR count). The zero-order valence-electron chi connectivity index (χ0n) is 11.3. The summed E-state index contributed by atoms with van der Waals surface area (Å²) in [5, 5.41) is 2.45. The molecule has 0 atom stereocenters. The zero-order valence-corrected chi connectivity index (χ0v) is 11.3. The van der Waals surface area contributed by atoms with Gasteiger partial charge < -0.3 is 10.1 Å². The maximum Gasteiger partial charge on any atom is 0.325 e. The van der Waals surface area contributed by atoms with Gasteiger partial charge in [0.15, 0.2) is 0 Å². The summed E-state index contributed by atoms with van der Waals surface area (Å²) in [7, 11) is 0. The summed E-state index contributed by atoms with van der Waals surface area (Å²) >= 11 is 0. The van der Waals surface area contributed by atoms with Crippen LogP contribution in [0.4, 0.5) is 0 Å². The van der Waals surface area contributed by atoms with Crippen molar-refractivity contribution in [1.82, 2.24) is 5.32 Å². The lowest BCUT2D eigenvalue weighted by Crippen LogP contribution is -2.44. The number of hydrogen-bond acceptors (Lipinski definition) is 3. The first-order valence-electron chi connectivity index (χ1n) is 6.62. The van der Waals surface area contributed by atoms with E-state index in [2.05, 4.69) is 25.7 Å². The average molecular weight is 253 g/mol. The predicted octanol–water partition coefficient (Wildman–Crippen LogP) is 2.19. The molecule has 0 aromatic rings. The predicted molar refractivity (Wildman–Crippen MR) is 70.0 cm³/mol. The molecule has 1 amide bonds. The largest absolute Gasteiger partial charge is 0.457 e. The molecule has 0 radical (unpaired) electrons. The fourth-order valence-electron chi connectivity index (χ4n) is 2.44. The number of carbonyl (C=O) groups is 2. The molecule has 1 saturated carbocycles. The third-order valence-corrected chi connectivity index (χ3v) is 3.66. The van der Waals surface area contributed by atoms with E-state index in [4.69, 9.17) is 4.74 Å². The number of hydrogen-bond donors (Lipinski definition) is 1. The molecule has 1 N–H and O–H groups in total. The fraction of sp³-hybridized carbons (Fsp3) is 0.714. The molecule has 0 saturated heterocycles. The summed E-state index contributed by atoms with van der Waals surface area (Å²) < 4.78 is 5.65. The topological polar surface area (TPSA) is 55.4 Å². The Morgan fingerprint density at radius 1 is 1.33 bits per heavy atom. The van der Waals surface area contributed by atoms with Crippen molar-refractivity contribution in [3.05, 3.63) is 12.7 Å². The molecule has 0 aliphatic heterocycles. The van der Waals surface area contributed by atoms with Crippen LogP contribution in [-0.2, 0) is 14.3 Å². The molecule has 0 aromatic heterocycles. The summed E-state index contributed by atoms with van der Waals surface area (Å²) in [5.41, 5.74) is -0.339. The molecule has 18 heavy (non-hydrogen) atoms. The van der Waals surface area contributed by atoms with Gasteiger partial charge in [-0.1, -0.05) is 26.8 Å². The fourth-order valence-corrected chi connectivity index (χ4v) is 2.44. The van der Waals surface area contributed by atoms with Crippen LogP contribution in [0.3, 0.4) is 0 Å². The average Bonchev–Trinajstić information content (AvgIpc) is 2.36. The monoisotopic (exact) mass is 253 g/mol. The molecule has 0 unspecified atom stereocenters. The van der Waals surface area contributed by atoms with Crippen molar-refractivity contribution in [3.8, 4) is 0 Å². The molecule has 1 fully saturated rings. The minimum atomic E-state index is -0.360. The quantitative estimate of drug-likeness (QED) is 0.603. The first-order chi connectivity index (χ1) is 8.50. The number of nitrogens with one attached hydrogen (secondary N) is 1. The van der Waals surface area contributed by atoms with Gasteiger partial charge in [-0.25, -0.2) is 0 Å². The minimum absolute atomic E-state index is 0.0840. The summed E-state index contributed by atoms with van der Waals surface area (Å²) in [6.07, 6.45) is 6.40. The van der Waals surface area contributed by atoms with Crippen molar-refractivity contribution in [1.29, 1.82) is 0 Å². The minimum Gasteiger partial charge on any atom is -0.457 e. The lowest BCUT2D eigenvalue weighted by Gasteiger charge is -2.40. The summed E-state index contributed by atoms with van der Waals surface area (Å²) in [5.74, 6) is -0.410. The molecule has 0 bridgehead atoms. The molecule has 102 valence electrons. The van der Waals surface area contributed by atoms with E-state index in [1.54, 1.807) is 0 Å². The van der Waals surface area contributed by atoms with Gasteiger partial charge in [0, 0.05) is 0 Å². The van der Waals surface area contributed by atoms with Gasteiger partial charge in [-0.15, -0.1) is 0 Å². The normalized spacial score (nSPS) is 18.2. The van der Waals surface area contributed by atoms with Crippen LogP contribution < -0.4 is 5.32 Å². The molecule has 0 aromatic carbocycles. The molecular weight excluding hydrogens is 230 g/mol. The maximum atomic E-state index is 11.8. The molecule has 0 heterocycles. The second kappa shape index (κ2) is 6.57. The van der Waals surface area contributed by atoms with Gasteiger partial charge in [0.25, 0.3) is 0 Å². The number of esters is 1. The summed E-state index contributed by atoms with van der Waals surface area (Å²) in [6.45, 7) is 7.42. The van der Waals surface area contributed by atoms with E-state index >= 15 is 0 Å². The molecule has 0 spiro atoms. The van der Waals surface area contributed by atoms with Crippen molar-refractivity contribution < 1.29 is 14.3 Å². The highest BCUT2D eigenvalue weighted by Gasteiger charge is 2.38. The number of rotatable bonds is 5. The number of amides is 1. The Labute approximate surface area is 109 Å². The second-order valence-electron chi connectivity index (χ2n) is 5.18. The van der Waals surface area contributed by atoms with Crippen LogP contribution in [0.15, 0.2) is 12.7 Å². The van der Waals surface area contributed by atoms with Gasteiger partial charge in [-0.3, -0.25) is 9.59 Å². The second-order valence-corrected chi connectivity index (χ2v) is 5.18. The van der Waals surface area contributed by atoms with E-state index in [1.165, 1.54) is 6.42 Å². The maximum absolute atomic E-state index is 11.8. The Balaban J connectivity index is 2.53. The van der Waals surface area contributed by atoms with Crippen LogP contribution in [0.5, 0.6) is 0 Å². The van der Waals surface area contributed by atoms with Crippen molar-refractivity contribution in [3.63, 3.8) is 0 Å². The van der Waals surface area contributed by atoms with Gasteiger partial charge in [-0.2, -0.15) is 0 Å². The van der Waals surface area contributed by atoms with Gasteiger partial charge in [0.1, 0.15) is 12.1 Å². The molecular formula is C14H23NO3. The Hall–Kier alpha value is -1.32. The lowest BCUT2D eigenvalue weighted by atomic mass is 9.77. The Morgan fingerprint density at radius 2 is 1.94 bits per heavy atom. The van der Waals surface area contributed by atoms with Crippen LogP contribution in [0.1, 0.15) is 46.0 Å². The Kier molecular flexibility index (Phi) is 5.38. The van der Waals surface area contributed by atoms with Crippen LogP contribution in [0.2, 0.25) is 0 Å². The Bertz CT molecular complexity index is 317. The molecule has 1 aliphatic carbocycles. The van der Waals surface area contributed by atoms with Crippen molar-refractivity contribution in [2.24, 2.45) is 5.92 Å². The van der Waals surface area contributed by atoms with Crippen LogP contribution in [0, 0.1) is 5.92 Å². The molecule has 4 nitrogen and oxygen atoms in total. The third-order valence-electron chi connectivity index (χ3n) is 3.66. The SMILES string of the molecule is C=CC(=O)NCC(=O)OC1(C(C)C)CCCCC1. The van der Waals surface area contributed by atoms with Crippen LogP contribution in [0.25, 0.3) is 0 Å². The first kappa shape index (κ1) is 14.7. The summed E-state index contributed by atoms with van der Waals surface area (Å²) in [6, 6.07) is 0. The standard InChI is InChI=1S/C14H23NO3/c1-4-12(16)15-10-13(17)18-14(11(2)3)8-6-5-7-9-14/h4,11H,1,5-10H2,2-3H3,(H,15,16). The van der Waals surface area contributed by atoms with E-state index in [9.17, 15) is 9.59 Å². The molecule has 1 aliphatic rings.